The predicted octanol–water partition coefficient (Wildman–Crippen LogP) is -3.15. The lowest BCUT2D eigenvalue weighted by Gasteiger charge is -2.40. The van der Waals surface area contributed by atoms with Crippen LogP contribution < -0.4 is 15.6 Å². The number of carboxylic acid groups (broad SMARTS) is 1. The number of rotatable bonds is 5. The van der Waals surface area contributed by atoms with Crippen molar-refractivity contribution in [1.29, 1.82) is 0 Å². The van der Waals surface area contributed by atoms with Gasteiger partial charge >= 0.3 is 0 Å². The average molecular weight is 345 g/mol. The van der Waals surface area contributed by atoms with Gasteiger partial charge in [-0.1, -0.05) is 0 Å². The van der Waals surface area contributed by atoms with Gasteiger partial charge in [-0.15, -0.1) is 5.23 Å². The van der Waals surface area contributed by atoms with E-state index >= 15 is 0 Å². The number of benzene rings is 1. The summed E-state index contributed by atoms with van der Waals surface area (Å²) in [4.78, 5) is 11.0. The van der Waals surface area contributed by atoms with Gasteiger partial charge in [-0.25, -0.2) is 0 Å². The van der Waals surface area contributed by atoms with E-state index in [9.17, 15) is 25.2 Å². The van der Waals surface area contributed by atoms with Gasteiger partial charge in [0.1, 0.15) is 24.4 Å². The second-order valence-corrected chi connectivity index (χ2v) is 5.24. The highest BCUT2D eigenvalue weighted by molar-refractivity contribution is 5.88. The Hall–Kier alpha value is -1.99. The minimum atomic E-state index is -1.62. The Bertz CT molecular complexity index is 595. The smallest absolute Gasteiger partial charge is 0.157 e. The Labute approximate surface area is 135 Å². The zero-order valence-electron chi connectivity index (χ0n) is 12.2. The van der Waals surface area contributed by atoms with Crippen molar-refractivity contribution in [2.24, 2.45) is 0 Å². The van der Waals surface area contributed by atoms with Crippen LogP contribution >= 0.6 is 0 Å². The van der Waals surface area contributed by atoms with Gasteiger partial charge in [0.05, 0.1) is 18.3 Å². The van der Waals surface area contributed by atoms with Crippen molar-refractivity contribution in [2.45, 2.75) is 30.6 Å². The molecule has 0 spiro atoms. The molecular weight excluding hydrogens is 328 g/mol. The molecule has 0 bridgehead atoms. The van der Waals surface area contributed by atoms with Crippen LogP contribution in [-0.4, -0.2) is 74.1 Å². The van der Waals surface area contributed by atoms with Gasteiger partial charge < -0.3 is 40.4 Å². The Morgan fingerprint density at radius 3 is 2.38 bits per heavy atom. The minimum Gasteiger partial charge on any atom is -0.545 e. The van der Waals surface area contributed by atoms with Crippen LogP contribution in [0.15, 0.2) is 18.2 Å². The third-order valence-corrected chi connectivity index (χ3v) is 3.59. The van der Waals surface area contributed by atoms with Crippen molar-refractivity contribution < 1.29 is 45.5 Å². The number of aromatic carboxylic acids is 1. The topological polar surface area (TPSA) is 186 Å². The number of nitrogens with zero attached hydrogens (tertiary/aromatic N) is 1. The number of anilines is 2. The fraction of sp³-hybridized carbons (Fsp3) is 0.462. The lowest BCUT2D eigenvalue weighted by Crippen LogP contribution is -2.60. The Kier molecular flexibility index (Phi) is 5.56. The first-order valence-corrected chi connectivity index (χ1v) is 6.86. The van der Waals surface area contributed by atoms with E-state index in [2.05, 4.69) is 5.32 Å². The maximum atomic E-state index is 11.0. The Balaban J connectivity index is 2.27. The standard InChI is InChI=1S/C13H18N2O9/c16-4-8-9(17)10(18)11(19)12(24-8)14-6-1-5(13(20)21)2-7(3-6)15(22)23/h1-3,8-12,14,16-19,22-23H,4H2,(H,20,21)/p-1/t8-,9+,10+,11+,12+/m0/s1. The molecule has 1 aliphatic heterocycles. The van der Waals surface area contributed by atoms with Crippen LogP contribution in [0.2, 0.25) is 0 Å². The van der Waals surface area contributed by atoms with E-state index in [0.717, 1.165) is 18.2 Å². The van der Waals surface area contributed by atoms with Crippen LogP contribution in [0.3, 0.4) is 0 Å². The molecular formula is C13H17N2O9-. The maximum Gasteiger partial charge on any atom is 0.157 e. The quantitative estimate of drug-likeness (QED) is 0.267. The highest BCUT2D eigenvalue weighted by Crippen LogP contribution is 2.26. The van der Waals surface area contributed by atoms with Gasteiger partial charge in [-0.2, -0.15) is 0 Å². The molecule has 0 radical (unpaired) electrons. The number of aliphatic hydroxyl groups is 4. The van der Waals surface area contributed by atoms with E-state index in [1.54, 1.807) is 0 Å². The maximum absolute atomic E-state index is 11.0. The molecule has 24 heavy (non-hydrogen) atoms. The molecule has 1 aromatic carbocycles. The molecule has 1 saturated heterocycles. The van der Waals surface area contributed by atoms with Crippen LogP contribution in [0.5, 0.6) is 0 Å². The van der Waals surface area contributed by atoms with Crippen molar-refractivity contribution in [3.63, 3.8) is 0 Å². The van der Waals surface area contributed by atoms with Crippen LogP contribution in [0.4, 0.5) is 11.4 Å². The van der Waals surface area contributed by atoms with Crippen molar-refractivity contribution in [3.05, 3.63) is 23.8 Å². The molecule has 1 aromatic rings. The van der Waals surface area contributed by atoms with Crippen LogP contribution in [-0.2, 0) is 4.74 Å². The zero-order chi connectivity index (χ0) is 18.0. The number of carbonyl (C=O) groups is 1. The number of hydrogen-bond donors (Lipinski definition) is 7. The molecule has 1 fully saturated rings. The fourth-order valence-electron chi connectivity index (χ4n) is 2.31. The molecule has 11 nitrogen and oxygen atoms in total. The summed E-state index contributed by atoms with van der Waals surface area (Å²) in [5.74, 6) is -1.59. The first kappa shape index (κ1) is 18.4. The third kappa shape index (κ3) is 3.73. The summed E-state index contributed by atoms with van der Waals surface area (Å²) in [6, 6.07) is 3.12. The molecule has 7 N–H and O–H groups in total. The fourth-order valence-corrected chi connectivity index (χ4v) is 2.31. The number of nitrogens with one attached hydrogen (secondary N) is 1. The second kappa shape index (κ2) is 7.27. The highest BCUT2D eigenvalue weighted by atomic mass is 16.8. The molecule has 0 unspecified atom stereocenters. The summed E-state index contributed by atoms with van der Waals surface area (Å²) in [6.07, 6.45) is -7.23. The predicted molar refractivity (Wildman–Crippen MR) is 74.2 cm³/mol. The largest absolute Gasteiger partial charge is 0.545 e. The average Bonchev–Trinajstić information content (AvgIpc) is 2.55. The number of carbonyl (C=O) groups excluding carboxylic acids is 1. The first-order chi connectivity index (χ1) is 11.2. The van der Waals surface area contributed by atoms with Gasteiger partial charge in [-0.3, -0.25) is 10.4 Å². The number of carboxylic acids is 1. The molecule has 0 saturated carbocycles. The second-order valence-electron chi connectivity index (χ2n) is 5.24. The Morgan fingerprint density at radius 2 is 1.83 bits per heavy atom. The molecule has 134 valence electrons. The molecule has 1 heterocycles. The van der Waals surface area contributed by atoms with Crippen molar-refractivity contribution in [2.75, 3.05) is 17.2 Å². The molecule has 0 amide bonds. The molecule has 5 atom stereocenters. The van der Waals surface area contributed by atoms with E-state index in [1.807, 2.05) is 0 Å². The van der Waals surface area contributed by atoms with E-state index in [1.165, 1.54) is 0 Å². The SMILES string of the molecule is O=C([O-])c1cc(N[C@@H]2O[C@@H](CO)[C@@H](O)[C@@H](O)[C@H]2O)cc(N(O)O)c1. The van der Waals surface area contributed by atoms with Gasteiger partial charge in [0, 0.05) is 11.3 Å². The van der Waals surface area contributed by atoms with Gasteiger partial charge in [0.25, 0.3) is 0 Å². The molecule has 2 rings (SSSR count). The van der Waals surface area contributed by atoms with E-state index in [4.69, 9.17) is 20.3 Å². The minimum absolute atomic E-state index is 0.0101. The molecule has 0 aliphatic carbocycles. The normalized spacial score (nSPS) is 30.0. The lowest BCUT2D eigenvalue weighted by molar-refractivity contribution is -0.255. The van der Waals surface area contributed by atoms with Crippen molar-refractivity contribution >= 4 is 17.3 Å². The Morgan fingerprint density at radius 1 is 1.17 bits per heavy atom. The van der Waals surface area contributed by atoms with Crippen molar-refractivity contribution in [3.8, 4) is 0 Å². The number of aliphatic hydroxyl groups excluding tert-OH is 4. The van der Waals surface area contributed by atoms with Gasteiger partial charge in [-0.05, 0) is 18.2 Å². The van der Waals surface area contributed by atoms with E-state index in [-0.39, 0.29) is 16.6 Å². The van der Waals surface area contributed by atoms with Crippen LogP contribution in [0, 0.1) is 0 Å². The van der Waals surface area contributed by atoms with Crippen molar-refractivity contribution in [1.82, 2.24) is 0 Å². The molecule has 0 aromatic heterocycles. The zero-order valence-corrected chi connectivity index (χ0v) is 12.2. The monoisotopic (exact) mass is 345 g/mol. The van der Waals surface area contributed by atoms with E-state index in [0.29, 0.717) is 0 Å². The van der Waals surface area contributed by atoms with Crippen LogP contribution in [0.1, 0.15) is 10.4 Å². The summed E-state index contributed by atoms with van der Waals surface area (Å²) in [5, 5.41) is 69.7. The van der Waals surface area contributed by atoms with E-state index < -0.39 is 48.8 Å². The molecule has 1 aliphatic rings. The summed E-state index contributed by atoms with van der Waals surface area (Å²) < 4.78 is 5.21. The van der Waals surface area contributed by atoms with Crippen LogP contribution in [0.25, 0.3) is 0 Å². The first-order valence-electron chi connectivity index (χ1n) is 6.86. The summed E-state index contributed by atoms with van der Waals surface area (Å²) in [6.45, 7) is -0.630. The lowest BCUT2D eigenvalue weighted by atomic mass is 9.98. The van der Waals surface area contributed by atoms with Gasteiger partial charge in [0.15, 0.2) is 6.23 Å². The summed E-state index contributed by atoms with van der Waals surface area (Å²) in [5.41, 5.74) is -0.722. The highest BCUT2D eigenvalue weighted by Gasteiger charge is 2.43. The molecule has 11 heteroatoms. The summed E-state index contributed by atoms with van der Waals surface area (Å²) >= 11 is 0. The number of ether oxygens (including phenoxy) is 1. The third-order valence-electron chi connectivity index (χ3n) is 3.59. The van der Waals surface area contributed by atoms with Gasteiger partial charge in [0.2, 0.25) is 0 Å². The number of hydrogen-bond acceptors (Lipinski definition) is 11. The summed E-state index contributed by atoms with van der Waals surface area (Å²) in [7, 11) is 0.